The molecule has 0 amide bonds. The van der Waals surface area contributed by atoms with Crippen LogP contribution in [0.2, 0.25) is 0 Å². The van der Waals surface area contributed by atoms with Gasteiger partial charge in [0.1, 0.15) is 5.82 Å². The zero-order valence-electron chi connectivity index (χ0n) is 9.17. The third kappa shape index (κ3) is 2.98. The number of hydrogen-bond acceptors (Lipinski definition) is 2. The van der Waals surface area contributed by atoms with E-state index in [0.717, 1.165) is 11.6 Å². The lowest BCUT2D eigenvalue weighted by atomic mass is 10.2. The van der Waals surface area contributed by atoms with Crippen LogP contribution in [0.3, 0.4) is 0 Å². The van der Waals surface area contributed by atoms with E-state index in [-0.39, 0.29) is 5.82 Å². The molecule has 1 rings (SSSR count). The summed E-state index contributed by atoms with van der Waals surface area (Å²) in [4.78, 5) is 5.20. The smallest absolute Gasteiger partial charge is 0.355 e. The van der Waals surface area contributed by atoms with Gasteiger partial charge in [0.25, 0.3) is 0 Å². The predicted molar refractivity (Wildman–Crippen MR) is 57.3 cm³/mol. The minimum atomic E-state index is -4.38. The lowest BCUT2D eigenvalue weighted by Crippen LogP contribution is -2.24. The van der Waals surface area contributed by atoms with Gasteiger partial charge in [-0.3, -0.25) is 0 Å². The molecule has 1 heterocycles. The molecule has 0 saturated heterocycles. The van der Waals surface area contributed by atoms with Gasteiger partial charge in [-0.15, -0.1) is 0 Å². The Bertz CT molecular complexity index is 385. The zero-order valence-corrected chi connectivity index (χ0v) is 9.17. The summed E-state index contributed by atoms with van der Waals surface area (Å²) in [6, 6.07) is 2.30. The Morgan fingerprint density at radius 3 is 2.62 bits per heavy atom. The molecule has 0 saturated carbocycles. The summed E-state index contributed by atoms with van der Waals surface area (Å²) in [5.74, 6) is -0.0713. The van der Waals surface area contributed by atoms with E-state index in [4.69, 9.17) is 0 Å². The van der Waals surface area contributed by atoms with E-state index < -0.39 is 11.7 Å². The van der Waals surface area contributed by atoms with Crippen molar-refractivity contribution in [3.63, 3.8) is 0 Å². The fraction of sp³-hybridized carbons (Fsp3) is 0.364. The molecule has 0 bridgehead atoms. The molecule has 1 aromatic heterocycles. The van der Waals surface area contributed by atoms with Crippen molar-refractivity contribution in [3.8, 4) is 0 Å². The molecule has 5 heteroatoms. The second kappa shape index (κ2) is 4.55. The summed E-state index contributed by atoms with van der Waals surface area (Å²) < 4.78 is 38.0. The van der Waals surface area contributed by atoms with E-state index >= 15 is 0 Å². The third-order valence-corrected chi connectivity index (χ3v) is 1.96. The zero-order chi connectivity index (χ0) is 12.3. The summed E-state index contributed by atoms with van der Waals surface area (Å²) in [5.41, 5.74) is 0.0556. The van der Waals surface area contributed by atoms with Gasteiger partial charge in [0, 0.05) is 19.8 Å². The number of likely N-dealkylation sites (N-methyl/N-ethyl adjacent to an activating group) is 1. The number of halogens is 3. The fourth-order valence-corrected chi connectivity index (χ4v) is 1.40. The van der Waals surface area contributed by atoms with E-state index in [1.807, 2.05) is 0 Å². The Morgan fingerprint density at radius 2 is 2.12 bits per heavy atom. The number of pyridine rings is 1. The Balaban J connectivity index is 3.08. The van der Waals surface area contributed by atoms with Crippen LogP contribution in [-0.2, 0) is 6.18 Å². The molecule has 0 aliphatic carbocycles. The van der Waals surface area contributed by atoms with Crippen molar-refractivity contribution in [2.75, 3.05) is 18.5 Å². The van der Waals surface area contributed by atoms with Crippen LogP contribution in [0.4, 0.5) is 19.0 Å². The first-order valence-electron chi connectivity index (χ1n) is 4.70. The third-order valence-electron chi connectivity index (χ3n) is 1.96. The number of aromatic nitrogens is 1. The number of anilines is 1. The molecular weight excluding hydrogens is 217 g/mol. The number of hydrogen-bond donors (Lipinski definition) is 0. The van der Waals surface area contributed by atoms with Gasteiger partial charge in [-0.1, -0.05) is 12.2 Å². The maximum absolute atomic E-state index is 12.7. The first kappa shape index (κ1) is 12.5. The Morgan fingerprint density at radius 1 is 1.50 bits per heavy atom. The number of rotatable bonds is 3. The SMILES string of the molecule is C=C(C)CN(C)c1ncccc1C(F)(F)F. The lowest BCUT2D eigenvalue weighted by molar-refractivity contribution is -0.137. The number of alkyl halides is 3. The van der Waals surface area contributed by atoms with E-state index in [9.17, 15) is 13.2 Å². The highest BCUT2D eigenvalue weighted by Gasteiger charge is 2.34. The van der Waals surface area contributed by atoms with Crippen molar-refractivity contribution in [2.24, 2.45) is 0 Å². The second-order valence-electron chi connectivity index (χ2n) is 3.69. The van der Waals surface area contributed by atoms with Crippen LogP contribution in [0.15, 0.2) is 30.5 Å². The summed E-state index contributed by atoms with van der Waals surface area (Å²) in [6.07, 6.45) is -3.04. The van der Waals surface area contributed by atoms with Crippen LogP contribution in [0, 0.1) is 0 Å². The van der Waals surface area contributed by atoms with Gasteiger partial charge in [0.2, 0.25) is 0 Å². The average Bonchev–Trinajstić information content (AvgIpc) is 2.15. The van der Waals surface area contributed by atoms with Gasteiger partial charge in [-0.2, -0.15) is 13.2 Å². The summed E-state index contributed by atoms with van der Waals surface area (Å²) >= 11 is 0. The Kier molecular flexibility index (Phi) is 3.57. The topological polar surface area (TPSA) is 16.1 Å². The van der Waals surface area contributed by atoms with Crippen LogP contribution in [0.5, 0.6) is 0 Å². The largest absolute Gasteiger partial charge is 0.419 e. The molecule has 0 spiro atoms. The van der Waals surface area contributed by atoms with E-state index in [0.29, 0.717) is 6.54 Å². The highest BCUT2D eigenvalue weighted by molar-refractivity contribution is 5.48. The first-order valence-corrected chi connectivity index (χ1v) is 4.70. The van der Waals surface area contributed by atoms with Gasteiger partial charge < -0.3 is 4.90 Å². The van der Waals surface area contributed by atoms with E-state index in [1.165, 1.54) is 17.2 Å². The molecule has 2 nitrogen and oxygen atoms in total. The first-order chi connectivity index (χ1) is 7.32. The van der Waals surface area contributed by atoms with Crippen molar-refractivity contribution in [3.05, 3.63) is 36.0 Å². The molecule has 0 aromatic carbocycles. The summed E-state index contributed by atoms with van der Waals surface area (Å²) in [5, 5.41) is 0. The quantitative estimate of drug-likeness (QED) is 0.742. The minimum Gasteiger partial charge on any atom is -0.355 e. The van der Waals surface area contributed by atoms with Crippen LogP contribution in [0.1, 0.15) is 12.5 Å². The maximum Gasteiger partial charge on any atom is 0.419 e. The minimum absolute atomic E-state index is 0.0713. The normalized spacial score (nSPS) is 11.3. The van der Waals surface area contributed by atoms with Gasteiger partial charge in [-0.25, -0.2) is 4.98 Å². The van der Waals surface area contributed by atoms with Crippen molar-refractivity contribution in [1.29, 1.82) is 0 Å². The van der Waals surface area contributed by atoms with Crippen LogP contribution in [0.25, 0.3) is 0 Å². The van der Waals surface area contributed by atoms with Crippen LogP contribution >= 0.6 is 0 Å². The predicted octanol–water partition coefficient (Wildman–Crippen LogP) is 3.11. The highest BCUT2D eigenvalue weighted by Crippen LogP contribution is 2.34. The highest BCUT2D eigenvalue weighted by atomic mass is 19.4. The molecule has 1 aromatic rings. The van der Waals surface area contributed by atoms with Crippen molar-refractivity contribution >= 4 is 5.82 Å². The summed E-state index contributed by atoms with van der Waals surface area (Å²) in [7, 11) is 1.56. The molecule has 0 radical (unpaired) electrons. The van der Waals surface area contributed by atoms with E-state index in [2.05, 4.69) is 11.6 Å². The molecule has 0 unspecified atom stereocenters. The van der Waals surface area contributed by atoms with E-state index in [1.54, 1.807) is 14.0 Å². The number of nitrogens with zero attached hydrogens (tertiary/aromatic N) is 2. The monoisotopic (exact) mass is 230 g/mol. The molecular formula is C11H13F3N2. The summed E-state index contributed by atoms with van der Waals surface area (Å²) in [6.45, 7) is 5.77. The fourth-order valence-electron chi connectivity index (χ4n) is 1.40. The Hall–Kier alpha value is -1.52. The molecule has 88 valence electrons. The van der Waals surface area contributed by atoms with Gasteiger partial charge in [0.15, 0.2) is 0 Å². The van der Waals surface area contributed by atoms with Crippen LogP contribution in [-0.4, -0.2) is 18.6 Å². The Labute approximate surface area is 92.4 Å². The standard InChI is InChI=1S/C11H13F3N2/c1-8(2)7-16(3)10-9(11(12,13)14)5-4-6-15-10/h4-6H,1,7H2,2-3H3. The molecule has 0 fully saturated rings. The average molecular weight is 230 g/mol. The van der Waals surface area contributed by atoms with Gasteiger partial charge >= 0.3 is 6.18 Å². The maximum atomic E-state index is 12.7. The second-order valence-corrected chi connectivity index (χ2v) is 3.69. The lowest BCUT2D eigenvalue weighted by Gasteiger charge is -2.21. The molecule has 0 aliphatic rings. The van der Waals surface area contributed by atoms with Gasteiger partial charge in [0.05, 0.1) is 5.56 Å². The molecule has 0 atom stereocenters. The van der Waals surface area contributed by atoms with Crippen molar-refractivity contribution in [2.45, 2.75) is 13.1 Å². The van der Waals surface area contributed by atoms with Crippen molar-refractivity contribution < 1.29 is 13.2 Å². The van der Waals surface area contributed by atoms with Crippen LogP contribution < -0.4 is 4.90 Å². The molecule has 0 N–H and O–H groups in total. The molecule has 16 heavy (non-hydrogen) atoms. The molecule has 0 aliphatic heterocycles. The van der Waals surface area contributed by atoms with Gasteiger partial charge in [-0.05, 0) is 19.1 Å². The van der Waals surface area contributed by atoms with Crippen molar-refractivity contribution in [1.82, 2.24) is 4.98 Å².